The van der Waals surface area contributed by atoms with Gasteiger partial charge in [0, 0.05) is 57.9 Å². The highest BCUT2D eigenvalue weighted by molar-refractivity contribution is 6.29. The molecule has 1 aliphatic heterocycles. The number of Topliss-reactive ketones (excluding diaryl/α,β-unsaturated/α-hetero) is 1. The quantitative estimate of drug-likeness (QED) is 0.112. The van der Waals surface area contributed by atoms with Crippen molar-refractivity contribution < 1.29 is 38.5 Å². The van der Waals surface area contributed by atoms with Gasteiger partial charge in [0.1, 0.15) is 6.54 Å². The van der Waals surface area contributed by atoms with Crippen molar-refractivity contribution in [3.05, 3.63) is 178 Å². The fourth-order valence-corrected chi connectivity index (χ4v) is 8.00. The molecule has 7 aromatic rings. The van der Waals surface area contributed by atoms with Crippen LogP contribution >= 0.6 is 0 Å². The van der Waals surface area contributed by atoms with Crippen LogP contribution in [0, 0.1) is 0 Å². The first kappa shape index (κ1) is 32.9. The van der Waals surface area contributed by atoms with Crippen molar-refractivity contribution in [3.8, 4) is 0 Å². The number of ketones is 1. The summed E-state index contributed by atoms with van der Waals surface area (Å²) in [7, 11) is 0. The molecule has 250 valence electrons. The topological polar surface area (TPSA) is 48.1 Å². The molecule has 51 heavy (non-hydrogen) atoms. The second-order valence-electron chi connectivity index (χ2n) is 13.4. The van der Waals surface area contributed by atoms with Crippen LogP contribution in [0.1, 0.15) is 29.5 Å². The standard InChI is InChI=1S/C46H36N2O2.HI/c49-45-37(29-41-35-23-7-19-33-21-9-25-39(43(33)35)47(41)27-11-17-31-13-3-1-4-14-31)46(50)38(45)30-42-36-24-8-20-34-22-10-26-40(44(34)36)48(42)28-12-18-32-15-5-2-6-16-32;/h1-10,13-16,19-26,29-30H,11-12,17-18,27-28H2;1H/p-1. The Morgan fingerprint density at radius 1 is 0.647 bits per heavy atom. The third-order valence-corrected chi connectivity index (χ3v) is 10.4. The van der Waals surface area contributed by atoms with Gasteiger partial charge in [-0.15, -0.1) is 0 Å². The minimum absolute atomic E-state index is 0. The Morgan fingerprint density at radius 2 is 1.27 bits per heavy atom. The third-order valence-electron chi connectivity index (χ3n) is 10.4. The Kier molecular flexibility index (Phi) is 8.90. The zero-order valence-corrected chi connectivity index (χ0v) is 30.3. The summed E-state index contributed by atoms with van der Waals surface area (Å²) in [5.74, 6) is -0.371. The smallest absolute Gasteiger partial charge is 0.214 e. The largest absolute Gasteiger partial charge is 1.00 e. The average molecular weight is 776 g/mol. The predicted molar refractivity (Wildman–Crippen MR) is 202 cm³/mol. The molecule has 0 bridgehead atoms. The lowest BCUT2D eigenvalue weighted by Gasteiger charge is -2.28. The number of allylic oxidation sites excluding steroid dienone is 3. The number of hydrogen-bond acceptors (Lipinski definition) is 2. The molecule has 5 heteroatoms. The summed E-state index contributed by atoms with van der Waals surface area (Å²) in [5, 5.41) is 20.6. The molecule has 0 atom stereocenters. The number of nitrogens with zero attached hydrogens (tertiary/aromatic N) is 2. The van der Waals surface area contributed by atoms with E-state index >= 15 is 0 Å². The lowest BCUT2D eigenvalue weighted by atomic mass is 9.86. The van der Waals surface area contributed by atoms with Gasteiger partial charge in [0.15, 0.2) is 5.78 Å². The van der Waals surface area contributed by atoms with Crippen LogP contribution in [0.15, 0.2) is 156 Å². The molecule has 1 aromatic heterocycles. The van der Waals surface area contributed by atoms with Gasteiger partial charge in [0.25, 0.3) is 0 Å². The molecule has 4 nitrogen and oxygen atoms in total. The van der Waals surface area contributed by atoms with E-state index in [0.717, 1.165) is 82.8 Å². The zero-order chi connectivity index (χ0) is 33.6. The van der Waals surface area contributed by atoms with Crippen molar-refractivity contribution in [2.45, 2.75) is 32.2 Å². The highest BCUT2D eigenvalue weighted by Crippen LogP contribution is 2.37. The van der Waals surface area contributed by atoms with Gasteiger partial charge in [0.05, 0.1) is 10.9 Å². The SMILES string of the molecule is O=C1C(=CC2=[N+](CCCc3ccccc3)c3cccc4cccc2c34)C([O-])=C1C=c1c2cccc3cccc(c32)n1CCCc1ccccc1.[I-]. The van der Waals surface area contributed by atoms with Gasteiger partial charge in [-0.1, -0.05) is 121 Å². The first-order valence-corrected chi connectivity index (χ1v) is 17.6. The number of aromatic nitrogens is 1. The normalized spacial score (nSPS) is 15.1. The summed E-state index contributed by atoms with van der Waals surface area (Å²) in [6, 6.07) is 46.4. The van der Waals surface area contributed by atoms with E-state index in [1.54, 1.807) is 0 Å². The Balaban J connectivity index is 0.00000374. The molecule has 6 aromatic carbocycles. The predicted octanol–water partition coefficient (Wildman–Crippen LogP) is 4.99. The molecule has 0 saturated heterocycles. The fraction of sp³-hybridized carbons (Fsp3) is 0.130. The van der Waals surface area contributed by atoms with Crippen molar-refractivity contribution in [1.29, 1.82) is 0 Å². The van der Waals surface area contributed by atoms with Gasteiger partial charge >= 0.3 is 0 Å². The maximum Gasteiger partial charge on any atom is 0.214 e. The first-order valence-electron chi connectivity index (χ1n) is 17.6. The van der Waals surface area contributed by atoms with Crippen LogP contribution < -0.4 is 34.4 Å². The van der Waals surface area contributed by atoms with Crippen LogP contribution in [-0.2, 0) is 24.2 Å². The van der Waals surface area contributed by atoms with Gasteiger partial charge in [-0.2, -0.15) is 4.58 Å². The van der Waals surface area contributed by atoms with Crippen LogP contribution in [0.2, 0.25) is 0 Å². The van der Waals surface area contributed by atoms with E-state index in [1.165, 1.54) is 21.9 Å². The monoisotopic (exact) mass is 775 g/mol. The molecule has 0 amide bonds. The molecule has 2 aliphatic rings. The van der Waals surface area contributed by atoms with Crippen LogP contribution in [0.4, 0.5) is 5.69 Å². The molecular weight excluding hydrogens is 739 g/mol. The minimum atomic E-state index is -0.185. The van der Waals surface area contributed by atoms with Crippen LogP contribution in [-0.4, -0.2) is 27.2 Å². The molecule has 0 radical (unpaired) electrons. The lowest BCUT2D eigenvalue weighted by Crippen LogP contribution is -3.00. The highest BCUT2D eigenvalue weighted by atomic mass is 127. The molecule has 9 rings (SSSR count). The molecule has 0 spiro atoms. The van der Waals surface area contributed by atoms with Gasteiger partial charge in [0.2, 0.25) is 11.4 Å². The number of hydrogen-bond donors (Lipinski definition) is 0. The number of aryl methyl sites for hydroxylation is 3. The number of benzene rings is 6. The molecule has 0 unspecified atom stereocenters. The number of rotatable bonds is 10. The number of carbonyl (C=O) groups excluding carboxylic acids is 1. The zero-order valence-electron chi connectivity index (χ0n) is 28.2. The molecule has 0 fully saturated rings. The van der Waals surface area contributed by atoms with E-state index < -0.39 is 0 Å². The maximum atomic E-state index is 14.0. The molecule has 0 N–H and O–H groups in total. The van der Waals surface area contributed by atoms with E-state index in [2.05, 4.69) is 130 Å². The summed E-state index contributed by atoms with van der Waals surface area (Å²) in [4.78, 5) is 14.0. The summed E-state index contributed by atoms with van der Waals surface area (Å²) in [6.45, 7) is 1.57. The Hall–Kier alpha value is -5.27. The molecule has 0 saturated carbocycles. The van der Waals surface area contributed by atoms with E-state index in [-0.39, 0.29) is 46.7 Å². The van der Waals surface area contributed by atoms with Crippen LogP contribution in [0.3, 0.4) is 0 Å². The van der Waals surface area contributed by atoms with Crippen molar-refractivity contribution in [1.82, 2.24) is 4.57 Å². The summed E-state index contributed by atoms with van der Waals surface area (Å²) in [6.07, 6.45) is 7.50. The second-order valence-corrected chi connectivity index (χ2v) is 13.4. The fourth-order valence-electron chi connectivity index (χ4n) is 8.00. The van der Waals surface area contributed by atoms with Crippen LogP contribution in [0.25, 0.3) is 38.5 Å². The van der Waals surface area contributed by atoms with E-state index in [0.29, 0.717) is 0 Å². The van der Waals surface area contributed by atoms with E-state index in [9.17, 15) is 9.90 Å². The molecular formula is C46H36IN2O2-. The van der Waals surface area contributed by atoms with E-state index in [4.69, 9.17) is 0 Å². The van der Waals surface area contributed by atoms with Crippen molar-refractivity contribution >= 4 is 55.7 Å². The van der Waals surface area contributed by atoms with E-state index in [1.807, 2.05) is 24.3 Å². The summed E-state index contributed by atoms with van der Waals surface area (Å²) >= 11 is 0. The highest BCUT2D eigenvalue weighted by Gasteiger charge is 2.34. The van der Waals surface area contributed by atoms with Gasteiger partial charge in [-0.05, 0) is 59.4 Å². The Labute approximate surface area is 314 Å². The molecule has 1 aliphatic carbocycles. The van der Waals surface area contributed by atoms with Gasteiger partial charge < -0.3 is 33.7 Å². The second kappa shape index (κ2) is 13.8. The molecule has 2 heterocycles. The maximum absolute atomic E-state index is 14.0. The van der Waals surface area contributed by atoms with Gasteiger partial charge in [-0.25, -0.2) is 0 Å². The van der Waals surface area contributed by atoms with Crippen molar-refractivity contribution in [2.75, 3.05) is 6.54 Å². The number of halogens is 1. The first-order chi connectivity index (χ1) is 24.7. The minimum Gasteiger partial charge on any atom is -1.00 e. The number of carbonyl (C=O) groups is 1. The Bertz CT molecular complexity index is 2600. The average Bonchev–Trinajstić information content (AvgIpc) is 3.63. The van der Waals surface area contributed by atoms with Gasteiger partial charge in [-0.3, -0.25) is 4.79 Å². The third kappa shape index (κ3) is 5.79. The van der Waals surface area contributed by atoms with Crippen molar-refractivity contribution in [3.63, 3.8) is 0 Å². The summed E-state index contributed by atoms with van der Waals surface area (Å²) in [5.41, 5.74) is 7.38. The summed E-state index contributed by atoms with van der Waals surface area (Å²) < 4.78 is 4.60. The Morgan fingerprint density at radius 3 is 1.98 bits per heavy atom. The lowest BCUT2D eigenvalue weighted by molar-refractivity contribution is -0.436. The van der Waals surface area contributed by atoms with Crippen LogP contribution in [0.5, 0.6) is 0 Å². The van der Waals surface area contributed by atoms with Crippen molar-refractivity contribution in [2.24, 2.45) is 0 Å².